The molecule has 0 aromatic rings. The van der Waals surface area contributed by atoms with Crippen LogP contribution in [0.3, 0.4) is 0 Å². The van der Waals surface area contributed by atoms with Crippen molar-refractivity contribution in [1.82, 2.24) is 9.80 Å². The number of ether oxygens (including phenoxy) is 1. The zero-order valence-electron chi connectivity index (χ0n) is 13.2. The summed E-state index contributed by atoms with van der Waals surface area (Å²) in [5.74, 6) is 0.490. The minimum Gasteiger partial charge on any atom is -0.444 e. The minimum atomic E-state index is -0.478. The zero-order valence-corrected chi connectivity index (χ0v) is 13.2. The van der Waals surface area contributed by atoms with Gasteiger partial charge in [0, 0.05) is 45.1 Å². The smallest absolute Gasteiger partial charge is 0.410 e. The quantitative estimate of drug-likeness (QED) is 0.846. The van der Waals surface area contributed by atoms with Gasteiger partial charge in [0.1, 0.15) is 5.60 Å². The molecule has 2 heterocycles. The van der Waals surface area contributed by atoms with E-state index in [4.69, 9.17) is 9.84 Å². The van der Waals surface area contributed by atoms with Crippen LogP contribution in [0.25, 0.3) is 0 Å². The number of amides is 2. The number of nitrogens with zero attached hydrogens (tertiary/aromatic N) is 2. The molecule has 2 rings (SSSR count). The maximum Gasteiger partial charge on any atom is 0.410 e. The number of likely N-dealkylation sites (tertiary alicyclic amines) is 2. The molecule has 0 aromatic carbocycles. The van der Waals surface area contributed by atoms with Crippen molar-refractivity contribution in [2.75, 3.05) is 32.8 Å². The van der Waals surface area contributed by atoms with E-state index in [2.05, 4.69) is 0 Å². The third-order valence-electron chi connectivity index (χ3n) is 3.97. The summed E-state index contributed by atoms with van der Waals surface area (Å²) in [6, 6.07) is 0. The fourth-order valence-corrected chi connectivity index (χ4v) is 2.94. The van der Waals surface area contributed by atoms with E-state index in [0.29, 0.717) is 38.5 Å². The Hall–Kier alpha value is -1.30. The summed E-state index contributed by atoms with van der Waals surface area (Å²) in [5.41, 5.74) is -0.478. The molecule has 0 spiro atoms. The molecule has 0 aliphatic carbocycles. The topological polar surface area (TPSA) is 70.1 Å². The molecular weight excluding hydrogens is 272 g/mol. The molecule has 0 bridgehead atoms. The van der Waals surface area contributed by atoms with Crippen LogP contribution in [0.5, 0.6) is 0 Å². The lowest BCUT2D eigenvalue weighted by atomic mass is 10.1. The molecule has 0 saturated carbocycles. The second-order valence-corrected chi connectivity index (χ2v) is 7.13. The van der Waals surface area contributed by atoms with Crippen LogP contribution in [0.4, 0.5) is 4.79 Å². The molecule has 2 aliphatic rings. The summed E-state index contributed by atoms with van der Waals surface area (Å²) in [4.78, 5) is 27.4. The lowest BCUT2D eigenvalue weighted by Gasteiger charge is -2.25. The Bertz CT molecular complexity index is 405. The predicted octanol–water partition coefficient (Wildman–Crippen LogP) is 1.08. The molecule has 0 radical (unpaired) electrons. The van der Waals surface area contributed by atoms with Crippen molar-refractivity contribution in [3.8, 4) is 0 Å². The molecule has 1 N–H and O–H groups in total. The highest BCUT2D eigenvalue weighted by atomic mass is 16.6. The Labute approximate surface area is 126 Å². The fourth-order valence-electron chi connectivity index (χ4n) is 2.94. The van der Waals surface area contributed by atoms with Crippen molar-refractivity contribution < 1.29 is 19.4 Å². The first-order chi connectivity index (χ1) is 9.78. The van der Waals surface area contributed by atoms with Crippen LogP contribution < -0.4 is 0 Å². The monoisotopic (exact) mass is 298 g/mol. The highest BCUT2D eigenvalue weighted by Crippen LogP contribution is 2.24. The molecule has 120 valence electrons. The second-order valence-electron chi connectivity index (χ2n) is 7.13. The lowest BCUT2D eigenvalue weighted by molar-refractivity contribution is -0.128. The van der Waals surface area contributed by atoms with Crippen molar-refractivity contribution in [3.05, 3.63) is 0 Å². The van der Waals surface area contributed by atoms with Crippen LogP contribution in [0, 0.1) is 11.8 Å². The predicted molar refractivity (Wildman–Crippen MR) is 77.7 cm³/mol. The van der Waals surface area contributed by atoms with Gasteiger partial charge in [-0.3, -0.25) is 4.79 Å². The standard InChI is InChI=1S/C15H26N2O4/c1-15(2,3)21-14(20)16-5-4-11(7-16)8-17-9-12(10-18)6-13(17)19/h11-12,18H,4-10H2,1-3H3/t11-,12?/m0/s1. The van der Waals surface area contributed by atoms with Crippen LogP contribution in [-0.2, 0) is 9.53 Å². The highest BCUT2D eigenvalue weighted by Gasteiger charge is 2.34. The molecule has 0 aromatic heterocycles. The van der Waals surface area contributed by atoms with E-state index in [9.17, 15) is 9.59 Å². The van der Waals surface area contributed by atoms with Gasteiger partial charge in [0.05, 0.1) is 0 Å². The van der Waals surface area contributed by atoms with Gasteiger partial charge in [0.15, 0.2) is 0 Å². The van der Waals surface area contributed by atoms with Gasteiger partial charge < -0.3 is 19.6 Å². The van der Waals surface area contributed by atoms with Gasteiger partial charge in [-0.15, -0.1) is 0 Å². The van der Waals surface area contributed by atoms with Crippen molar-refractivity contribution in [2.45, 2.75) is 39.2 Å². The van der Waals surface area contributed by atoms with Gasteiger partial charge >= 0.3 is 6.09 Å². The fraction of sp³-hybridized carbons (Fsp3) is 0.867. The molecule has 6 heteroatoms. The third-order valence-corrected chi connectivity index (χ3v) is 3.97. The molecule has 2 atom stereocenters. The minimum absolute atomic E-state index is 0.0664. The van der Waals surface area contributed by atoms with Gasteiger partial charge in [-0.05, 0) is 33.1 Å². The largest absolute Gasteiger partial charge is 0.444 e. The molecule has 6 nitrogen and oxygen atoms in total. The first kappa shape index (κ1) is 16.1. The summed E-state index contributed by atoms with van der Waals surface area (Å²) in [6.07, 6.45) is 1.07. The molecule has 2 saturated heterocycles. The van der Waals surface area contributed by atoms with Crippen LogP contribution in [-0.4, -0.2) is 65.3 Å². The van der Waals surface area contributed by atoms with Crippen LogP contribution in [0.1, 0.15) is 33.6 Å². The zero-order chi connectivity index (χ0) is 15.6. The first-order valence-electron chi connectivity index (χ1n) is 7.65. The van der Waals surface area contributed by atoms with E-state index < -0.39 is 5.60 Å². The number of hydrogen-bond donors (Lipinski definition) is 1. The Morgan fingerprint density at radius 3 is 2.62 bits per heavy atom. The van der Waals surface area contributed by atoms with Gasteiger partial charge in [-0.25, -0.2) is 4.79 Å². The van der Waals surface area contributed by atoms with Gasteiger partial charge in [0.25, 0.3) is 0 Å². The van der Waals surface area contributed by atoms with Crippen molar-refractivity contribution in [3.63, 3.8) is 0 Å². The van der Waals surface area contributed by atoms with Crippen LogP contribution >= 0.6 is 0 Å². The molecule has 1 unspecified atom stereocenters. The molecule has 2 amide bonds. The number of aliphatic hydroxyl groups is 1. The lowest BCUT2D eigenvalue weighted by Crippen LogP contribution is -2.37. The molecule has 2 aliphatic heterocycles. The number of rotatable bonds is 3. The summed E-state index contributed by atoms with van der Waals surface area (Å²) in [7, 11) is 0. The number of carbonyl (C=O) groups is 2. The third kappa shape index (κ3) is 4.33. The Balaban J connectivity index is 1.80. The number of aliphatic hydroxyl groups excluding tert-OH is 1. The number of carbonyl (C=O) groups excluding carboxylic acids is 2. The second kappa shape index (κ2) is 6.22. The maximum absolute atomic E-state index is 12.0. The van der Waals surface area contributed by atoms with Crippen LogP contribution in [0.15, 0.2) is 0 Å². The molecule has 2 fully saturated rings. The number of hydrogen-bond acceptors (Lipinski definition) is 4. The Morgan fingerprint density at radius 2 is 2.05 bits per heavy atom. The van der Waals surface area contributed by atoms with E-state index in [0.717, 1.165) is 6.42 Å². The molecule has 21 heavy (non-hydrogen) atoms. The average Bonchev–Trinajstić information content (AvgIpc) is 2.95. The van der Waals surface area contributed by atoms with Gasteiger partial charge in [-0.2, -0.15) is 0 Å². The van der Waals surface area contributed by atoms with Crippen molar-refractivity contribution in [1.29, 1.82) is 0 Å². The maximum atomic E-state index is 12.0. The first-order valence-corrected chi connectivity index (χ1v) is 7.65. The normalized spacial score (nSPS) is 26.6. The van der Waals surface area contributed by atoms with Crippen molar-refractivity contribution in [2.24, 2.45) is 11.8 Å². The average molecular weight is 298 g/mol. The summed E-state index contributed by atoms with van der Waals surface area (Å²) < 4.78 is 5.37. The van der Waals surface area contributed by atoms with E-state index in [-0.39, 0.29) is 24.5 Å². The van der Waals surface area contributed by atoms with Crippen LogP contribution in [0.2, 0.25) is 0 Å². The highest BCUT2D eigenvalue weighted by molar-refractivity contribution is 5.78. The Kier molecular flexibility index (Phi) is 4.76. The van der Waals surface area contributed by atoms with Crippen molar-refractivity contribution >= 4 is 12.0 Å². The summed E-state index contributed by atoms with van der Waals surface area (Å²) >= 11 is 0. The van der Waals surface area contributed by atoms with E-state index in [1.807, 2.05) is 25.7 Å². The van der Waals surface area contributed by atoms with E-state index in [1.165, 1.54) is 0 Å². The van der Waals surface area contributed by atoms with E-state index in [1.54, 1.807) is 4.90 Å². The van der Waals surface area contributed by atoms with Gasteiger partial charge in [-0.1, -0.05) is 0 Å². The Morgan fingerprint density at radius 1 is 1.33 bits per heavy atom. The summed E-state index contributed by atoms with van der Waals surface area (Å²) in [6.45, 7) is 8.28. The SMILES string of the molecule is CC(C)(C)OC(=O)N1CC[C@H](CN2CC(CO)CC2=O)C1. The molecular formula is C15H26N2O4. The van der Waals surface area contributed by atoms with Gasteiger partial charge in [0.2, 0.25) is 5.91 Å². The van der Waals surface area contributed by atoms with E-state index >= 15 is 0 Å². The summed E-state index contributed by atoms with van der Waals surface area (Å²) in [5, 5.41) is 9.14.